The molecule has 0 aromatic carbocycles. The SMILES string of the molecule is NCCCC[C@H](NC(=O)CN)C(=O)N[C@@H](CCC(=O)O)C(=O)N[C@@H](CCCN=C(N)N)C(=O)N[C@@H](CC(N)=O)C(=O)N[C@@H](CCCCN)C(=O)NCC(=O)N[C@@H](CCC(N)=O)C(=O)O. The van der Waals surface area contributed by atoms with E-state index in [1.807, 2.05) is 0 Å². The lowest BCUT2D eigenvalue weighted by Crippen LogP contribution is -2.59. The number of guanidine groups is 1. The molecule has 0 saturated heterocycles. The largest absolute Gasteiger partial charge is 0.481 e. The van der Waals surface area contributed by atoms with E-state index in [1.54, 1.807) is 0 Å². The Balaban J connectivity index is 6.48. The van der Waals surface area contributed by atoms with Crippen LogP contribution in [0.3, 0.4) is 0 Å². The number of primary amides is 2. The molecule has 9 amide bonds. The number of aliphatic carboxylic acids is 2. The molecule has 0 aromatic heterocycles. The van der Waals surface area contributed by atoms with Crippen LogP contribution in [-0.4, -0.2) is 150 Å². The zero-order chi connectivity index (χ0) is 48.8. The van der Waals surface area contributed by atoms with Crippen molar-refractivity contribution in [2.75, 3.05) is 32.7 Å². The van der Waals surface area contributed by atoms with Crippen LogP contribution in [0.1, 0.15) is 83.5 Å². The van der Waals surface area contributed by atoms with E-state index in [9.17, 15) is 63.0 Å². The van der Waals surface area contributed by atoms with Gasteiger partial charge in [0.1, 0.15) is 36.3 Å². The first kappa shape index (κ1) is 57.3. The van der Waals surface area contributed by atoms with Crippen LogP contribution in [0.2, 0.25) is 0 Å². The second-order valence-electron chi connectivity index (χ2n) is 14.4. The van der Waals surface area contributed by atoms with Gasteiger partial charge in [-0.2, -0.15) is 0 Å². The van der Waals surface area contributed by atoms with Gasteiger partial charge in [0.05, 0.1) is 19.5 Å². The van der Waals surface area contributed by atoms with E-state index in [-0.39, 0.29) is 70.5 Å². The van der Waals surface area contributed by atoms with Gasteiger partial charge in [0, 0.05) is 19.4 Å². The number of carbonyl (C=O) groups is 11. The molecule has 0 heterocycles. The molecule has 0 bridgehead atoms. The number of nitrogens with two attached hydrogens (primary N) is 7. The predicted octanol–water partition coefficient (Wildman–Crippen LogP) is -7.63. The number of hydrogen-bond donors (Lipinski definition) is 16. The Labute approximate surface area is 368 Å². The highest BCUT2D eigenvalue weighted by atomic mass is 16.4. The maximum absolute atomic E-state index is 13.9. The number of amides is 9. The van der Waals surface area contributed by atoms with Crippen LogP contribution in [0.15, 0.2) is 4.99 Å². The van der Waals surface area contributed by atoms with Crippen molar-refractivity contribution in [2.45, 2.75) is 120 Å². The van der Waals surface area contributed by atoms with Crippen LogP contribution in [0.25, 0.3) is 0 Å². The average molecular weight is 916 g/mol. The molecule has 0 aliphatic carbocycles. The van der Waals surface area contributed by atoms with Crippen LogP contribution < -0.4 is 77.4 Å². The van der Waals surface area contributed by atoms with Crippen molar-refractivity contribution in [1.82, 2.24) is 37.2 Å². The molecule has 28 nitrogen and oxygen atoms in total. The van der Waals surface area contributed by atoms with Crippen molar-refractivity contribution in [1.29, 1.82) is 0 Å². The first-order valence-electron chi connectivity index (χ1n) is 20.4. The number of nitrogens with one attached hydrogen (secondary N) is 7. The molecule has 0 aliphatic heterocycles. The normalized spacial score (nSPS) is 13.5. The Morgan fingerprint density at radius 3 is 1.36 bits per heavy atom. The molecule has 64 heavy (non-hydrogen) atoms. The lowest BCUT2D eigenvalue weighted by molar-refractivity contribution is -0.142. The van der Waals surface area contributed by atoms with Crippen molar-refractivity contribution < 1.29 is 63.0 Å². The third-order valence-electron chi connectivity index (χ3n) is 9.00. The molecular formula is C36H65N15O13. The number of hydrogen-bond acceptors (Lipinski definition) is 15. The quantitative estimate of drug-likeness (QED) is 0.0159. The number of carboxylic acids is 2. The second-order valence-corrected chi connectivity index (χ2v) is 14.4. The highest BCUT2D eigenvalue weighted by molar-refractivity contribution is 5.98. The van der Waals surface area contributed by atoms with Crippen molar-refractivity contribution in [2.24, 2.45) is 45.1 Å². The first-order chi connectivity index (χ1) is 30.1. The fraction of sp³-hybridized carbons (Fsp3) is 0.667. The molecule has 362 valence electrons. The number of nitrogens with zero attached hydrogens (tertiary/aromatic N) is 1. The molecule has 0 fully saturated rings. The summed E-state index contributed by atoms with van der Waals surface area (Å²) >= 11 is 0. The zero-order valence-corrected chi connectivity index (χ0v) is 35.6. The topological polar surface area (TPSA) is 507 Å². The number of carboxylic acid groups (broad SMARTS) is 2. The number of rotatable bonds is 35. The fourth-order valence-electron chi connectivity index (χ4n) is 5.67. The van der Waals surface area contributed by atoms with Crippen molar-refractivity contribution >= 4 is 71.1 Å². The van der Waals surface area contributed by atoms with E-state index in [0.717, 1.165) is 0 Å². The number of aliphatic imine (C=N–C) groups is 1. The third kappa shape index (κ3) is 25.9. The van der Waals surface area contributed by atoms with E-state index < -0.39 is 134 Å². The summed E-state index contributed by atoms with van der Waals surface area (Å²) in [5, 5.41) is 35.1. The minimum Gasteiger partial charge on any atom is -0.481 e. The molecule has 0 aliphatic rings. The van der Waals surface area contributed by atoms with Gasteiger partial charge in [-0.25, -0.2) is 4.79 Å². The van der Waals surface area contributed by atoms with Gasteiger partial charge < -0.3 is 87.6 Å². The van der Waals surface area contributed by atoms with Crippen molar-refractivity contribution in [3.63, 3.8) is 0 Å². The number of unbranched alkanes of at least 4 members (excludes halogenated alkanes) is 2. The van der Waals surface area contributed by atoms with Gasteiger partial charge in [-0.1, -0.05) is 0 Å². The second kappa shape index (κ2) is 32.1. The standard InChI is InChI=1S/C36H65N15O13/c37-13-3-1-6-19(30(58)45-18-28(55)47-23(35(63)64)9-11-25(40)52)48-34(62)24(16-26(41)53)51-32(60)21(8-5-15-44-36(42)43)49-33(61)22(10-12-29(56)57)50-31(59)20(7-2-4-14-38)46-27(54)17-39/h19-24H,1-18,37-39H2,(H2,40,52)(H2,41,53)(H,45,58)(H,46,54)(H,47,55)(H,48,62)(H,49,61)(H,50,59)(H,51,60)(H,56,57)(H,63,64)(H4,42,43,44)/t19-,20-,21-,22-,23-,24-/m0/s1. The molecule has 0 saturated carbocycles. The minimum atomic E-state index is -1.78. The summed E-state index contributed by atoms with van der Waals surface area (Å²) in [4.78, 5) is 143. The van der Waals surface area contributed by atoms with Gasteiger partial charge in [-0.05, 0) is 77.3 Å². The molecule has 6 atom stereocenters. The maximum Gasteiger partial charge on any atom is 0.326 e. The zero-order valence-electron chi connectivity index (χ0n) is 35.6. The Morgan fingerprint density at radius 2 is 0.906 bits per heavy atom. The molecule has 0 unspecified atom stereocenters. The third-order valence-corrected chi connectivity index (χ3v) is 9.00. The Hall–Kier alpha value is -6.68. The summed E-state index contributed by atoms with van der Waals surface area (Å²) < 4.78 is 0. The van der Waals surface area contributed by atoms with Crippen molar-refractivity contribution in [3.05, 3.63) is 0 Å². The van der Waals surface area contributed by atoms with Gasteiger partial charge in [0.25, 0.3) is 0 Å². The molecule has 28 heteroatoms. The van der Waals surface area contributed by atoms with Gasteiger partial charge in [0.2, 0.25) is 53.2 Å². The molecule has 0 aromatic rings. The Bertz CT molecular complexity index is 1640. The average Bonchev–Trinajstić information content (AvgIpc) is 3.22. The lowest BCUT2D eigenvalue weighted by atomic mass is 10.0. The summed E-state index contributed by atoms with van der Waals surface area (Å²) in [6.45, 7) is -0.808. The van der Waals surface area contributed by atoms with E-state index in [1.165, 1.54) is 0 Å². The van der Waals surface area contributed by atoms with Crippen molar-refractivity contribution in [3.8, 4) is 0 Å². The lowest BCUT2D eigenvalue weighted by Gasteiger charge is -2.27. The minimum absolute atomic E-state index is 0.0265. The van der Waals surface area contributed by atoms with Gasteiger partial charge in [-0.3, -0.25) is 52.9 Å². The predicted molar refractivity (Wildman–Crippen MR) is 226 cm³/mol. The van der Waals surface area contributed by atoms with E-state index >= 15 is 0 Å². The van der Waals surface area contributed by atoms with Crippen LogP contribution in [0.4, 0.5) is 0 Å². The van der Waals surface area contributed by atoms with Crippen LogP contribution in [0.5, 0.6) is 0 Å². The van der Waals surface area contributed by atoms with Gasteiger partial charge >= 0.3 is 11.9 Å². The van der Waals surface area contributed by atoms with Gasteiger partial charge in [-0.15, -0.1) is 0 Å². The Morgan fingerprint density at radius 1 is 0.469 bits per heavy atom. The van der Waals surface area contributed by atoms with Gasteiger partial charge in [0.15, 0.2) is 5.96 Å². The molecule has 0 radical (unpaired) electrons. The Kier molecular flexibility index (Phi) is 28.7. The highest BCUT2D eigenvalue weighted by Gasteiger charge is 2.33. The van der Waals surface area contributed by atoms with E-state index in [4.69, 9.17) is 40.1 Å². The monoisotopic (exact) mass is 915 g/mol. The highest BCUT2D eigenvalue weighted by Crippen LogP contribution is 2.09. The maximum atomic E-state index is 13.9. The molecule has 0 rings (SSSR count). The number of carbonyl (C=O) groups excluding carboxylic acids is 9. The molecule has 0 spiro atoms. The van der Waals surface area contributed by atoms with E-state index in [0.29, 0.717) is 19.3 Å². The summed E-state index contributed by atoms with van der Waals surface area (Å²) in [6, 6.07) is -9.05. The van der Waals surface area contributed by atoms with Crippen LogP contribution in [-0.2, 0) is 52.7 Å². The summed E-state index contributed by atoms with van der Waals surface area (Å²) in [5.41, 5.74) is 37.7. The summed E-state index contributed by atoms with van der Waals surface area (Å²) in [5.74, 6) is -11.7. The summed E-state index contributed by atoms with van der Waals surface area (Å²) in [7, 11) is 0. The smallest absolute Gasteiger partial charge is 0.326 e. The van der Waals surface area contributed by atoms with Crippen LogP contribution >= 0.6 is 0 Å². The molecular weight excluding hydrogens is 850 g/mol. The fourth-order valence-corrected chi connectivity index (χ4v) is 5.67. The van der Waals surface area contributed by atoms with Crippen LogP contribution in [0, 0.1) is 0 Å². The summed E-state index contributed by atoms with van der Waals surface area (Å²) in [6.07, 6.45) is -1.30. The molecule has 23 N–H and O–H groups in total. The van der Waals surface area contributed by atoms with E-state index in [2.05, 4.69) is 42.2 Å². The first-order valence-corrected chi connectivity index (χ1v) is 20.4.